The molecule has 5 nitrogen and oxygen atoms in total. The van der Waals surface area contributed by atoms with Crippen LogP contribution >= 0.6 is 12.2 Å². The Morgan fingerprint density at radius 1 is 1.11 bits per heavy atom. The zero-order chi connectivity index (χ0) is 19.6. The number of carbonyl (C=O) groups excluding carboxylic acids is 1. The van der Waals surface area contributed by atoms with Crippen LogP contribution in [-0.4, -0.2) is 24.2 Å². The maximum atomic E-state index is 12.8. The number of aryl methyl sites for hydroxylation is 1. The first-order valence-corrected chi connectivity index (χ1v) is 9.08. The van der Waals surface area contributed by atoms with Gasteiger partial charge in [0.2, 0.25) is 0 Å². The second-order valence-electron chi connectivity index (χ2n) is 6.54. The van der Waals surface area contributed by atoms with Gasteiger partial charge < -0.3 is 14.8 Å². The highest BCUT2D eigenvalue weighted by Gasteiger charge is 2.31. The van der Waals surface area contributed by atoms with Crippen molar-refractivity contribution in [2.24, 2.45) is 0 Å². The highest BCUT2D eigenvalue weighted by Crippen LogP contribution is 2.30. The van der Waals surface area contributed by atoms with E-state index in [1.54, 1.807) is 13.2 Å². The third kappa shape index (κ3) is 4.11. The summed E-state index contributed by atoms with van der Waals surface area (Å²) < 4.78 is 11.1. The van der Waals surface area contributed by atoms with Crippen LogP contribution in [-0.2, 0) is 4.79 Å². The van der Waals surface area contributed by atoms with Gasteiger partial charge in [-0.25, -0.2) is 0 Å². The Balaban J connectivity index is 1.88. The lowest BCUT2D eigenvalue weighted by atomic mass is 10.1. The van der Waals surface area contributed by atoms with Gasteiger partial charge in [-0.1, -0.05) is 23.8 Å². The number of ether oxygens (including phenoxy) is 2. The summed E-state index contributed by atoms with van der Waals surface area (Å²) in [5, 5.41) is 3.36. The molecule has 0 aromatic heterocycles. The summed E-state index contributed by atoms with van der Waals surface area (Å²) in [5.74, 6) is 1.09. The normalized spacial score (nSPS) is 15.4. The average molecular weight is 382 g/mol. The molecule has 27 heavy (non-hydrogen) atoms. The number of hydrogen-bond donors (Lipinski definition) is 1. The molecule has 140 valence electrons. The number of rotatable bonds is 5. The Labute approximate surface area is 164 Å². The molecule has 1 saturated heterocycles. The molecule has 2 aromatic rings. The van der Waals surface area contributed by atoms with Gasteiger partial charge in [0, 0.05) is 0 Å². The number of benzene rings is 2. The van der Waals surface area contributed by atoms with Crippen molar-refractivity contribution in [1.29, 1.82) is 0 Å². The van der Waals surface area contributed by atoms with Crippen molar-refractivity contribution >= 4 is 35.0 Å². The van der Waals surface area contributed by atoms with Crippen LogP contribution in [0, 0.1) is 6.92 Å². The minimum atomic E-state index is -0.190. The van der Waals surface area contributed by atoms with Crippen molar-refractivity contribution < 1.29 is 14.3 Å². The number of hydrogen-bond acceptors (Lipinski definition) is 4. The average Bonchev–Trinajstić information content (AvgIpc) is 2.90. The lowest BCUT2D eigenvalue weighted by Gasteiger charge is -2.14. The molecule has 0 spiro atoms. The molecule has 0 aliphatic carbocycles. The maximum absolute atomic E-state index is 12.8. The summed E-state index contributed by atoms with van der Waals surface area (Å²) in [5.41, 5.74) is 3.09. The van der Waals surface area contributed by atoms with Gasteiger partial charge >= 0.3 is 0 Å². The van der Waals surface area contributed by atoms with Crippen LogP contribution < -0.4 is 19.7 Å². The minimum Gasteiger partial charge on any atom is -0.493 e. The molecule has 1 amide bonds. The van der Waals surface area contributed by atoms with Gasteiger partial charge in [-0.2, -0.15) is 0 Å². The standard InChI is InChI=1S/C21H22N2O3S/c1-13(2)26-18-10-7-15(12-19(18)25-4)11-17-20(24)23(21(27)22-17)16-8-5-14(3)6-9-16/h5-13H,1-4H3,(H,22,27)/b17-11-. The predicted molar refractivity (Wildman–Crippen MR) is 111 cm³/mol. The Kier molecular flexibility index (Phi) is 5.46. The van der Waals surface area contributed by atoms with E-state index in [0.717, 1.165) is 16.8 Å². The molecular formula is C21H22N2O3S. The van der Waals surface area contributed by atoms with Crippen molar-refractivity contribution in [3.05, 3.63) is 59.3 Å². The lowest BCUT2D eigenvalue weighted by Crippen LogP contribution is -2.30. The van der Waals surface area contributed by atoms with E-state index in [1.165, 1.54) is 4.90 Å². The largest absolute Gasteiger partial charge is 0.493 e. The quantitative estimate of drug-likeness (QED) is 0.624. The lowest BCUT2D eigenvalue weighted by molar-refractivity contribution is -0.113. The minimum absolute atomic E-state index is 0.0432. The number of carbonyl (C=O) groups is 1. The van der Waals surface area contributed by atoms with E-state index in [9.17, 15) is 4.79 Å². The number of methoxy groups -OCH3 is 1. The second-order valence-corrected chi connectivity index (χ2v) is 6.93. The van der Waals surface area contributed by atoms with Crippen LogP contribution in [0.2, 0.25) is 0 Å². The van der Waals surface area contributed by atoms with Crippen LogP contribution in [0.4, 0.5) is 5.69 Å². The van der Waals surface area contributed by atoms with Crippen LogP contribution in [0.5, 0.6) is 11.5 Å². The van der Waals surface area contributed by atoms with Crippen LogP contribution in [0.3, 0.4) is 0 Å². The molecule has 0 radical (unpaired) electrons. The molecule has 0 atom stereocenters. The highest BCUT2D eigenvalue weighted by molar-refractivity contribution is 7.80. The molecule has 1 N–H and O–H groups in total. The zero-order valence-corrected chi connectivity index (χ0v) is 16.6. The van der Waals surface area contributed by atoms with Gasteiger partial charge in [-0.05, 0) is 68.9 Å². The molecule has 1 aliphatic rings. The van der Waals surface area contributed by atoms with Gasteiger partial charge in [-0.15, -0.1) is 0 Å². The van der Waals surface area contributed by atoms with Gasteiger partial charge in [0.1, 0.15) is 5.70 Å². The SMILES string of the molecule is COc1cc(/C=C2\NC(=S)N(c3ccc(C)cc3)C2=O)ccc1OC(C)C. The summed E-state index contributed by atoms with van der Waals surface area (Å²) in [6.07, 6.45) is 1.80. The Bertz CT molecular complexity index is 904. The number of amides is 1. The van der Waals surface area contributed by atoms with Crippen molar-refractivity contribution in [3.63, 3.8) is 0 Å². The third-order valence-electron chi connectivity index (χ3n) is 4.03. The van der Waals surface area contributed by atoms with Gasteiger partial charge in [0.05, 0.1) is 18.9 Å². The van der Waals surface area contributed by atoms with Crippen LogP contribution in [0.25, 0.3) is 6.08 Å². The van der Waals surface area contributed by atoms with E-state index in [0.29, 0.717) is 22.3 Å². The number of nitrogens with one attached hydrogen (secondary N) is 1. The fraction of sp³-hybridized carbons (Fsp3) is 0.238. The monoisotopic (exact) mass is 382 g/mol. The smallest absolute Gasteiger partial charge is 0.281 e. The Hall–Kier alpha value is -2.86. The first kappa shape index (κ1) is 18.9. The first-order chi connectivity index (χ1) is 12.9. The van der Waals surface area contributed by atoms with Crippen molar-refractivity contribution in [2.45, 2.75) is 26.9 Å². The van der Waals surface area contributed by atoms with E-state index in [2.05, 4.69) is 5.32 Å². The number of nitrogens with zero attached hydrogens (tertiary/aromatic N) is 1. The van der Waals surface area contributed by atoms with Crippen LogP contribution in [0.1, 0.15) is 25.0 Å². The molecule has 1 fully saturated rings. The van der Waals surface area contributed by atoms with E-state index in [4.69, 9.17) is 21.7 Å². The second kappa shape index (κ2) is 7.80. The molecule has 0 bridgehead atoms. The molecule has 6 heteroatoms. The van der Waals surface area contributed by atoms with E-state index < -0.39 is 0 Å². The maximum Gasteiger partial charge on any atom is 0.281 e. The van der Waals surface area contributed by atoms with Gasteiger partial charge in [0.15, 0.2) is 16.6 Å². The van der Waals surface area contributed by atoms with E-state index in [-0.39, 0.29) is 12.0 Å². The summed E-state index contributed by atoms with van der Waals surface area (Å²) in [7, 11) is 1.59. The van der Waals surface area contributed by atoms with Gasteiger partial charge in [-0.3, -0.25) is 9.69 Å². The van der Waals surface area contributed by atoms with Crippen molar-refractivity contribution in [1.82, 2.24) is 5.32 Å². The summed E-state index contributed by atoms with van der Waals surface area (Å²) in [6.45, 7) is 5.91. The first-order valence-electron chi connectivity index (χ1n) is 8.67. The molecule has 0 saturated carbocycles. The number of thiocarbonyl (C=S) groups is 1. The zero-order valence-electron chi connectivity index (χ0n) is 15.8. The third-order valence-corrected chi connectivity index (χ3v) is 4.32. The van der Waals surface area contributed by atoms with Crippen LogP contribution in [0.15, 0.2) is 48.2 Å². The fourth-order valence-electron chi connectivity index (χ4n) is 2.76. The van der Waals surface area contributed by atoms with E-state index in [1.807, 2.05) is 63.2 Å². The van der Waals surface area contributed by atoms with E-state index >= 15 is 0 Å². The van der Waals surface area contributed by atoms with Gasteiger partial charge in [0.25, 0.3) is 5.91 Å². The molecule has 1 aliphatic heterocycles. The Morgan fingerprint density at radius 2 is 1.81 bits per heavy atom. The molecule has 3 rings (SSSR count). The topological polar surface area (TPSA) is 50.8 Å². The highest BCUT2D eigenvalue weighted by atomic mass is 32.1. The molecule has 0 unspecified atom stereocenters. The summed E-state index contributed by atoms with van der Waals surface area (Å²) in [4.78, 5) is 14.3. The summed E-state index contributed by atoms with van der Waals surface area (Å²) in [6, 6.07) is 13.2. The molecule has 2 aromatic carbocycles. The number of anilines is 1. The Morgan fingerprint density at radius 3 is 2.44 bits per heavy atom. The summed E-state index contributed by atoms with van der Waals surface area (Å²) >= 11 is 5.35. The van der Waals surface area contributed by atoms with Crippen molar-refractivity contribution in [3.8, 4) is 11.5 Å². The molecular weight excluding hydrogens is 360 g/mol. The molecule has 1 heterocycles. The predicted octanol–water partition coefficient (Wildman–Crippen LogP) is 4.05. The fourth-order valence-corrected chi connectivity index (χ4v) is 3.05. The van der Waals surface area contributed by atoms with Crippen molar-refractivity contribution in [2.75, 3.05) is 12.0 Å².